The van der Waals surface area contributed by atoms with Crippen LogP contribution in [0.1, 0.15) is 11.1 Å². The van der Waals surface area contributed by atoms with Crippen molar-refractivity contribution in [2.75, 3.05) is 0 Å². The molecule has 1 nitrogen and oxygen atoms in total. The van der Waals surface area contributed by atoms with Crippen LogP contribution in [0.2, 0.25) is 10.0 Å². The monoisotopic (exact) mass is 388 g/mol. The van der Waals surface area contributed by atoms with Crippen LogP contribution in [-0.4, -0.2) is 4.21 Å². The summed E-state index contributed by atoms with van der Waals surface area (Å²) >= 11 is 15.2. The van der Waals surface area contributed by atoms with Crippen molar-refractivity contribution in [3.8, 4) is 0 Å². The molecule has 1 atom stereocenters. The van der Waals surface area contributed by atoms with Crippen LogP contribution in [0.5, 0.6) is 0 Å². The first-order chi connectivity index (χ1) is 9.54. The normalized spacial score (nSPS) is 12.8. The fourth-order valence-corrected chi connectivity index (χ4v) is 3.07. The highest BCUT2D eigenvalue weighted by molar-refractivity contribution is 9.10. The Morgan fingerprint density at radius 3 is 2.40 bits per heavy atom. The molecule has 0 heterocycles. The van der Waals surface area contributed by atoms with Crippen LogP contribution >= 0.6 is 39.1 Å². The molecule has 0 aromatic heterocycles. The second-order valence-corrected chi connectivity index (χ2v) is 7.18. The largest absolute Gasteiger partial charge is 0.255 e. The lowest BCUT2D eigenvalue weighted by Crippen LogP contribution is -1.91. The third-order valence-electron chi connectivity index (χ3n) is 2.58. The number of rotatable bonds is 4. The standard InChI is InChI=1S/C15H11BrCl2OS/c16-13-4-1-11(2-5-13)7-8-20(19)10-12-3-6-14(17)15(18)9-12/h1-9H,10H2/b8-7+. The fourth-order valence-electron chi connectivity index (χ4n) is 1.57. The molecule has 2 rings (SSSR count). The second-order valence-electron chi connectivity index (χ2n) is 4.13. The zero-order valence-corrected chi connectivity index (χ0v) is 14.3. The minimum atomic E-state index is -1.09. The van der Waals surface area contributed by atoms with Gasteiger partial charge in [0.25, 0.3) is 0 Å². The quantitative estimate of drug-likeness (QED) is 0.657. The molecule has 1 unspecified atom stereocenters. The van der Waals surface area contributed by atoms with E-state index in [1.807, 2.05) is 36.4 Å². The van der Waals surface area contributed by atoms with Crippen LogP contribution in [0.4, 0.5) is 0 Å². The van der Waals surface area contributed by atoms with Crippen LogP contribution < -0.4 is 0 Å². The highest BCUT2D eigenvalue weighted by Crippen LogP contribution is 2.23. The van der Waals surface area contributed by atoms with Crippen LogP contribution in [0.15, 0.2) is 52.3 Å². The molecule has 0 saturated heterocycles. The minimum Gasteiger partial charge on any atom is -0.255 e. The van der Waals surface area contributed by atoms with Crippen molar-refractivity contribution in [2.24, 2.45) is 0 Å². The molecule has 2 aromatic carbocycles. The van der Waals surface area contributed by atoms with Gasteiger partial charge in [-0.15, -0.1) is 0 Å². The molecule has 0 amide bonds. The fraction of sp³-hybridized carbons (Fsp3) is 0.0667. The molecule has 0 aliphatic rings. The van der Waals surface area contributed by atoms with Gasteiger partial charge in [0.2, 0.25) is 0 Å². The second kappa shape index (κ2) is 7.41. The molecule has 20 heavy (non-hydrogen) atoms. The number of hydrogen-bond donors (Lipinski definition) is 0. The van der Waals surface area contributed by atoms with Gasteiger partial charge in [0.05, 0.1) is 26.6 Å². The van der Waals surface area contributed by atoms with E-state index in [0.29, 0.717) is 15.8 Å². The van der Waals surface area contributed by atoms with Gasteiger partial charge in [-0.2, -0.15) is 0 Å². The Morgan fingerprint density at radius 1 is 1.05 bits per heavy atom. The van der Waals surface area contributed by atoms with Gasteiger partial charge in [-0.3, -0.25) is 4.21 Å². The van der Waals surface area contributed by atoms with Crippen molar-refractivity contribution < 1.29 is 4.21 Å². The Balaban J connectivity index is 2.01. The van der Waals surface area contributed by atoms with Gasteiger partial charge < -0.3 is 0 Å². The van der Waals surface area contributed by atoms with Crippen LogP contribution in [0.25, 0.3) is 6.08 Å². The Bertz CT molecular complexity index is 653. The lowest BCUT2D eigenvalue weighted by Gasteiger charge is -2.01. The molecule has 104 valence electrons. The first-order valence-electron chi connectivity index (χ1n) is 5.79. The third-order valence-corrected chi connectivity index (χ3v) is 4.90. The first kappa shape index (κ1) is 15.8. The number of benzene rings is 2. The van der Waals surface area contributed by atoms with Crippen molar-refractivity contribution in [3.05, 3.63) is 73.5 Å². The van der Waals surface area contributed by atoms with Crippen LogP contribution in [0.3, 0.4) is 0 Å². The molecule has 0 spiro atoms. The summed E-state index contributed by atoms with van der Waals surface area (Å²) in [5, 5.41) is 2.68. The summed E-state index contributed by atoms with van der Waals surface area (Å²) in [5.74, 6) is 0.421. The minimum absolute atomic E-state index is 0.421. The topological polar surface area (TPSA) is 17.1 Å². The molecule has 0 aliphatic carbocycles. The Morgan fingerprint density at radius 2 is 1.75 bits per heavy atom. The van der Waals surface area contributed by atoms with Crippen LogP contribution in [-0.2, 0) is 16.6 Å². The maximum atomic E-state index is 12.0. The van der Waals surface area contributed by atoms with Gasteiger partial charge in [-0.05, 0) is 41.5 Å². The molecular formula is C15H11BrCl2OS. The van der Waals surface area contributed by atoms with Gasteiger partial charge in [-0.25, -0.2) is 0 Å². The summed E-state index contributed by atoms with van der Waals surface area (Å²) in [4.78, 5) is 0. The van der Waals surface area contributed by atoms with Gasteiger partial charge >= 0.3 is 0 Å². The maximum absolute atomic E-state index is 12.0. The average molecular weight is 390 g/mol. The Kier molecular flexibility index (Phi) is 5.85. The highest BCUT2D eigenvalue weighted by Gasteiger charge is 2.02. The molecule has 0 fully saturated rings. The number of halogens is 3. The van der Waals surface area contributed by atoms with Crippen molar-refractivity contribution in [1.82, 2.24) is 0 Å². The van der Waals surface area contributed by atoms with Gasteiger partial charge in [0.1, 0.15) is 0 Å². The summed E-state index contributed by atoms with van der Waals surface area (Å²) in [6.45, 7) is 0. The average Bonchev–Trinajstić information content (AvgIpc) is 2.42. The molecule has 0 saturated carbocycles. The SMILES string of the molecule is O=S(/C=C/c1ccc(Br)cc1)Cc1ccc(Cl)c(Cl)c1. The predicted molar refractivity (Wildman–Crippen MR) is 91.5 cm³/mol. The lowest BCUT2D eigenvalue weighted by molar-refractivity contribution is 0.688. The van der Waals surface area contributed by atoms with E-state index in [2.05, 4.69) is 15.9 Å². The zero-order chi connectivity index (χ0) is 14.5. The Hall–Kier alpha value is -0.610. The van der Waals surface area contributed by atoms with E-state index in [1.165, 1.54) is 0 Å². The summed E-state index contributed by atoms with van der Waals surface area (Å²) < 4.78 is 13.0. The van der Waals surface area contributed by atoms with E-state index in [9.17, 15) is 4.21 Å². The first-order valence-corrected chi connectivity index (χ1v) is 8.72. The van der Waals surface area contributed by atoms with Crippen LogP contribution in [0, 0.1) is 0 Å². The number of hydrogen-bond acceptors (Lipinski definition) is 1. The molecule has 5 heteroatoms. The van der Waals surface area contributed by atoms with E-state index in [1.54, 1.807) is 17.5 Å². The highest BCUT2D eigenvalue weighted by atomic mass is 79.9. The van der Waals surface area contributed by atoms with E-state index in [0.717, 1.165) is 15.6 Å². The predicted octanol–water partition coefficient (Wildman–Crippen LogP) is 5.68. The summed E-state index contributed by atoms with van der Waals surface area (Å²) in [5.41, 5.74) is 1.91. The van der Waals surface area contributed by atoms with E-state index >= 15 is 0 Å². The molecule has 0 N–H and O–H groups in total. The molecule has 0 bridgehead atoms. The summed E-state index contributed by atoms with van der Waals surface area (Å²) in [6.07, 6.45) is 1.85. The van der Waals surface area contributed by atoms with Crippen molar-refractivity contribution in [1.29, 1.82) is 0 Å². The molecule has 0 radical (unpaired) electrons. The molecule has 0 aliphatic heterocycles. The molecule has 2 aromatic rings. The van der Waals surface area contributed by atoms with E-state index < -0.39 is 10.8 Å². The van der Waals surface area contributed by atoms with Crippen molar-refractivity contribution in [2.45, 2.75) is 5.75 Å². The maximum Gasteiger partial charge on any atom is 0.0595 e. The van der Waals surface area contributed by atoms with Gasteiger partial charge in [-0.1, -0.05) is 57.3 Å². The summed E-state index contributed by atoms with van der Waals surface area (Å²) in [6, 6.07) is 13.1. The van der Waals surface area contributed by atoms with E-state index in [-0.39, 0.29) is 0 Å². The van der Waals surface area contributed by atoms with Gasteiger partial charge in [0, 0.05) is 9.88 Å². The Labute approximate surface area is 139 Å². The van der Waals surface area contributed by atoms with Crippen molar-refractivity contribution in [3.63, 3.8) is 0 Å². The third kappa shape index (κ3) is 4.74. The lowest BCUT2D eigenvalue weighted by atomic mass is 10.2. The van der Waals surface area contributed by atoms with Gasteiger partial charge in [0.15, 0.2) is 0 Å². The summed E-state index contributed by atoms with van der Waals surface area (Å²) in [7, 11) is -1.09. The van der Waals surface area contributed by atoms with E-state index in [4.69, 9.17) is 23.2 Å². The van der Waals surface area contributed by atoms with Crippen molar-refractivity contribution >= 4 is 56.0 Å². The smallest absolute Gasteiger partial charge is 0.0595 e. The molecular weight excluding hydrogens is 379 g/mol. The zero-order valence-electron chi connectivity index (χ0n) is 10.4.